The van der Waals surface area contributed by atoms with Crippen LogP contribution in [0.4, 0.5) is 8.78 Å². The number of nitrogens with one attached hydrogen (secondary N) is 1. The number of hydrogen-bond donors (Lipinski definition) is 2. The third kappa shape index (κ3) is 3.62. The molecule has 3 N–H and O–H groups in total. The second kappa shape index (κ2) is 7.47. The van der Waals surface area contributed by atoms with Crippen molar-refractivity contribution >= 4 is 57.0 Å². The average Bonchev–Trinajstić information content (AvgIpc) is 3.20. The largest absolute Gasteiger partial charge is 0.340 e. The van der Waals surface area contributed by atoms with Gasteiger partial charge in [-0.15, -0.1) is 0 Å². The molecule has 3 aromatic rings. The molecule has 4 rings (SSSR count). The fraction of sp³-hybridized carbons (Fsp3) is 0.353. The molecule has 11 heteroatoms. The van der Waals surface area contributed by atoms with E-state index in [0.29, 0.717) is 28.4 Å². The highest BCUT2D eigenvalue weighted by atomic mass is 127. The second-order valence-corrected chi connectivity index (χ2v) is 9.49. The minimum absolute atomic E-state index is 0.0124. The number of amides is 1. The Hall–Kier alpha value is -1.37. The zero-order chi connectivity index (χ0) is 20.1. The topological polar surface area (TPSA) is 85.3 Å². The van der Waals surface area contributed by atoms with Crippen LogP contribution in [-0.2, 0) is 0 Å². The standard InChI is InChI=1S/C17H15ClF2IN5OS/c18-14-12(9-6-23-26-7-8(21)3-4-11(9)26)24-16(28-14)15(27)25-13-10(22)2-1-5-17(13,19)20/h3-4,6-7,10,13H,1-2,5,22H2,(H,25,27). The smallest absolute Gasteiger partial charge is 0.280 e. The molecule has 3 heterocycles. The molecule has 2 unspecified atom stereocenters. The van der Waals surface area contributed by atoms with Crippen molar-refractivity contribution in [3.63, 3.8) is 0 Å². The van der Waals surface area contributed by atoms with E-state index in [0.717, 1.165) is 20.4 Å². The van der Waals surface area contributed by atoms with E-state index in [1.165, 1.54) is 0 Å². The van der Waals surface area contributed by atoms with Gasteiger partial charge in [-0.2, -0.15) is 5.10 Å². The molecular weight excluding hydrogens is 523 g/mol. The molecule has 1 amide bonds. The summed E-state index contributed by atoms with van der Waals surface area (Å²) in [6.07, 6.45) is 3.93. The lowest BCUT2D eigenvalue weighted by atomic mass is 9.87. The molecule has 1 aliphatic carbocycles. The number of nitrogens with zero attached hydrogens (tertiary/aromatic N) is 3. The van der Waals surface area contributed by atoms with Gasteiger partial charge < -0.3 is 11.1 Å². The van der Waals surface area contributed by atoms with Gasteiger partial charge in [0.05, 0.1) is 11.7 Å². The molecule has 0 aromatic carbocycles. The van der Waals surface area contributed by atoms with Crippen LogP contribution in [-0.4, -0.2) is 38.5 Å². The molecule has 3 aromatic heterocycles. The summed E-state index contributed by atoms with van der Waals surface area (Å²) in [4.78, 5) is 16.9. The van der Waals surface area contributed by atoms with Crippen LogP contribution in [0.3, 0.4) is 0 Å². The van der Waals surface area contributed by atoms with Crippen molar-refractivity contribution in [3.8, 4) is 11.3 Å². The Bertz CT molecular complexity index is 1060. The first kappa shape index (κ1) is 19.9. The number of halogens is 4. The minimum atomic E-state index is -3.04. The predicted octanol–water partition coefficient (Wildman–Crippen LogP) is 3.96. The van der Waals surface area contributed by atoms with Crippen LogP contribution in [0.1, 0.15) is 29.1 Å². The third-order valence-electron chi connectivity index (χ3n) is 4.73. The SMILES string of the molecule is NC1CCCC(F)(F)C1NC(=O)c1nc(-c2cnn3cc(I)ccc23)c(Cl)s1. The van der Waals surface area contributed by atoms with Gasteiger partial charge in [0.2, 0.25) is 0 Å². The maximum atomic E-state index is 14.2. The number of fused-ring (bicyclic) bond motifs is 1. The monoisotopic (exact) mass is 537 g/mol. The molecule has 0 saturated heterocycles. The zero-order valence-electron chi connectivity index (χ0n) is 14.3. The molecule has 28 heavy (non-hydrogen) atoms. The first-order valence-corrected chi connectivity index (χ1v) is 10.8. The Balaban J connectivity index is 1.63. The average molecular weight is 538 g/mol. The Morgan fingerprint density at radius 3 is 3.00 bits per heavy atom. The second-order valence-electron chi connectivity index (χ2n) is 6.64. The van der Waals surface area contributed by atoms with Gasteiger partial charge in [0, 0.05) is 27.8 Å². The van der Waals surface area contributed by atoms with E-state index >= 15 is 0 Å². The molecule has 0 bridgehead atoms. The lowest BCUT2D eigenvalue weighted by Gasteiger charge is -2.36. The fourth-order valence-corrected chi connectivity index (χ4v) is 4.85. The van der Waals surface area contributed by atoms with E-state index in [1.54, 1.807) is 10.7 Å². The Morgan fingerprint density at radius 1 is 1.46 bits per heavy atom. The molecule has 1 fully saturated rings. The van der Waals surface area contributed by atoms with Crippen LogP contribution in [0.2, 0.25) is 4.34 Å². The Labute approximate surface area is 181 Å². The highest BCUT2D eigenvalue weighted by molar-refractivity contribution is 14.1. The highest BCUT2D eigenvalue weighted by Crippen LogP contribution is 2.36. The molecule has 148 valence electrons. The van der Waals surface area contributed by atoms with Crippen LogP contribution in [0.15, 0.2) is 24.5 Å². The number of carbonyl (C=O) groups is 1. The summed E-state index contributed by atoms with van der Waals surface area (Å²) in [5.41, 5.74) is 7.66. The molecule has 2 atom stereocenters. The molecule has 0 radical (unpaired) electrons. The first-order chi connectivity index (χ1) is 13.3. The predicted molar refractivity (Wildman–Crippen MR) is 112 cm³/mol. The first-order valence-electron chi connectivity index (χ1n) is 8.50. The van der Waals surface area contributed by atoms with Gasteiger partial charge in [0.25, 0.3) is 11.8 Å². The number of alkyl halides is 2. The van der Waals surface area contributed by atoms with Crippen molar-refractivity contribution in [1.29, 1.82) is 0 Å². The van der Waals surface area contributed by atoms with Crippen molar-refractivity contribution in [2.45, 2.75) is 37.3 Å². The Kier molecular flexibility index (Phi) is 5.31. The van der Waals surface area contributed by atoms with Crippen molar-refractivity contribution in [1.82, 2.24) is 19.9 Å². The van der Waals surface area contributed by atoms with Crippen molar-refractivity contribution in [3.05, 3.63) is 37.4 Å². The van der Waals surface area contributed by atoms with Gasteiger partial charge in [-0.05, 0) is 47.6 Å². The van der Waals surface area contributed by atoms with Crippen LogP contribution < -0.4 is 11.1 Å². The fourth-order valence-electron chi connectivity index (χ4n) is 3.33. The number of rotatable bonds is 3. The number of pyridine rings is 1. The summed E-state index contributed by atoms with van der Waals surface area (Å²) in [5.74, 6) is -3.75. The van der Waals surface area contributed by atoms with Gasteiger partial charge in [-0.1, -0.05) is 22.9 Å². The molecule has 6 nitrogen and oxygen atoms in total. The van der Waals surface area contributed by atoms with Gasteiger partial charge >= 0.3 is 0 Å². The van der Waals surface area contributed by atoms with Crippen LogP contribution in [0.5, 0.6) is 0 Å². The summed E-state index contributed by atoms with van der Waals surface area (Å²) in [6, 6.07) is 1.58. The zero-order valence-corrected chi connectivity index (χ0v) is 18.1. The normalized spacial score (nSPS) is 21.8. The minimum Gasteiger partial charge on any atom is -0.340 e. The van der Waals surface area contributed by atoms with E-state index in [9.17, 15) is 13.6 Å². The van der Waals surface area contributed by atoms with E-state index < -0.39 is 23.9 Å². The van der Waals surface area contributed by atoms with Crippen molar-refractivity contribution < 1.29 is 13.6 Å². The molecule has 0 spiro atoms. The number of carbonyl (C=O) groups excluding carboxylic acids is 1. The molecule has 0 aliphatic heterocycles. The summed E-state index contributed by atoms with van der Waals surface area (Å²) in [5, 5.41) is 6.65. The number of nitrogens with two attached hydrogens (primary N) is 1. The van der Waals surface area contributed by atoms with Crippen LogP contribution in [0, 0.1) is 3.57 Å². The summed E-state index contributed by atoms with van der Waals surface area (Å²) >= 11 is 9.42. The van der Waals surface area contributed by atoms with E-state index in [1.807, 2.05) is 18.3 Å². The van der Waals surface area contributed by atoms with E-state index in [2.05, 4.69) is 38.0 Å². The van der Waals surface area contributed by atoms with Crippen molar-refractivity contribution in [2.24, 2.45) is 5.73 Å². The van der Waals surface area contributed by atoms with Gasteiger partial charge in [-0.25, -0.2) is 18.3 Å². The van der Waals surface area contributed by atoms with Gasteiger partial charge in [0.15, 0.2) is 5.01 Å². The number of hydrogen-bond acceptors (Lipinski definition) is 5. The Morgan fingerprint density at radius 2 is 2.25 bits per heavy atom. The third-order valence-corrected chi connectivity index (χ3v) is 6.62. The maximum absolute atomic E-state index is 14.2. The summed E-state index contributed by atoms with van der Waals surface area (Å²) < 4.78 is 31.3. The summed E-state index contributed by atoms with van der Waals surface area (Å²) in [7, 11) is 0. The molecule has 1 aliphatic rings. The van der Waals surface area contributed by atoms with Gasteiger partial charge in [0.1, 0.15) is 16.1 Å². The van der Waals surface area contributed by atoms with Crippen LogP contribution in [0.25, 0.3) is 16.8 Å². The lowest BCUT2D eigenvalue weighted by Crippen LogP contribution is -2.59. The van der Waals surface area contributed by atoms with Crippen molar-refractivity contribution in [2.75, 3.05) is 0 Å². The lowest BCUT2D eigenvalue weighted by molar-refractivity contribution is -0.0674. The molecule has 1 saturated carbocycles. The molecular formula is C17H15ClF2IN5OS. The number of thiazole rings is 1. The van der Waals surface area contributed by atoms with E-state index in [-0.39, 0.29) is 11.4 Å². The highest BCUT2D eigenvalue weighted by Gasteiger charge is 2.46. The van der Waals surface area contributed by atoms with Crippen LogP contribution >= 0.6 is 45.5 Å². The number of aromatic nitrogens is 3. The quantitative estimate of drug-likeness (QED) is 0.496. The maximum Gasteiger partial charge on any atom is 0.280 e. The van der Waals surface area contributed by atoms with E-state index in [4.69, 9.17) is 17.3 Å². The van der Waals surface area contributed by atoms with Gasteiger partial charge in [-0.3, -0.25) is 4.79 Å². The summed E-state index contributed by atoms with van der Waals surface area (Å²) in [6.45, 7) is 0.